The predicted molar refractivity (Wildman–Crippen MR) is 73.6 cm³/mol. The molecule has 0 aliphatic carbocycles. The summed E-state index contributed by atoms with van der Waals surface area (Å²) in [7, 11) is -3.24. The van der Waals surface area contributed by atoms with Gasteiger partial charge in [-0.1, -0.05) is 24.9 Å². The molecule has 0 saturated carbocycles. The fourth-order valence-electron chi connectivity index (χ4n) is 1.36. The molecular formula is C12H17ClFNO3S. The molecule has 0 fully saturated rings. The van der Waals surface area contributed by atoms with E-state index in [1.165, 1.54) is 12.1 Å². The van der Waals surface area contributed by atoms with E-state index in [9.17, 15) is 12.8 Å². The average Bonchev–Trinajstić information content (AvgIpc) is 2.34. The van der Waals surface area contributed by atoms with Gasteiger partial charge in [-0.3, -0.25) is 0 Å². The summed E-state index contributed by atoms with van der Waals surface area (Å²) in [5.41, 5.74) is 0. The molecule has 0 aliphatic heterocycles. The van der Waals surface area contributed by atoms with Crippen LogP contribution in [0.15, 0.2) is 18.2 Å². The van der Waals surface area contributed by atoms with Crippen LogP contribution in [-0.2, 0) is 10.0 Å². The lowest BCUT2D eigenvalue weighted by atomic mass is 10.3. The monoisotopic (exact) mass is 309 g/mol. The van der Waals surface area contributed by atoms with Gasteiger partial charge < -0.3 is 4.74 Å². The zero-order valence-corrected chi connectivity index (χ0v) is 12.2. The highest BCUT2D eigenvalue weighted by molar-refractivity contribution is 7.89. The van der Waals surface area contributed by atoms with Crippen LogP contribution in [0.1, 0.15) is 19.8 Å². The highest BCUT2D eigenvalue weighted by atomic mass is 35.5. The van der Waals surface area contributed by atoms with E-state index in [0.717, 1.165) is 12.5 Å². The molecule has 0 atom stereocenters. The van der Waals surface area contributed by atoms with E-state index in [0.29, 0.717) is 12.2 Å². The Morgan fingerprint density at radius 2 is 2.16 bits per heavy atom. The van der Waals surface area contributed by atoms with Crippen molar-refractivity contribution in [3.8, 4) is 5.75 Å². The maximum absolute atomic E-state index is 12.8. The largest absolute Gasteiger partial charge is 0.491 e. The molecule has 0 spiro atoms. The van der Waals surface area contributed by atoms with Gasteiger partial charge in [-0.15, -0.1) is 0 Å². The van der Waals surface area contributed by atoms with Crippen molar-refractivity contribution in [2.75, 3.05) is 18.9 Å². The maximum atomic E-state index is 12.8. The zero-order valence-electron chi connectivity index (χ0n) is 10.7. The van der Waals surface area contributed by atoms with Gasteiger partial charge in [-0.25, -0.2) is 17.5 Å². The summed E-state index contributed by atoms with van der Waals surface area (Å²) in [6, 6.07) is 3.78. The third-order valence-corrected chi connectivity index (χ3v) is 4.11. The summed E-state index contributed by atoms with van der Waals surface area (Å²) >= 11 is 5.76. The van der Waals surface area contributed by atoms with E-state index >= 15 is 0 Å². The molecule has 1 rings (SSSR count). The Labute approximate surface area is 118 Å². The number of benzene rings is 1. The molecule has 1 N–H and O–H groups in total. The highest BCUT2D eigenvalue weighted by Crippen LogP contribution is 2.24. The first kappa shape index (κ1) is 16.2. The molecule has 0 saturated heterocycles. The van der Waals surface area contributed by atoms with Crippen molar-refractivity contribution in [1.82, 2.24) is 4.72 Å². The quantitative estimate of drug-likeness (QED) is 0.751. The second-order valence-corrected chi connectivity index (χ2v) is 6.32. The molecule has 0 unspecified atom stereocenters. The summed E-state index contributed by atoms with van der Waals surface area (Å²) in [6.45, 7) is 2.21. The Balaban J connectivity index is 2.35. The Bertz CT molecular complexity index is 508. The average molecular weight is 310 g/mol. The Morgan fingerprint density at radius 3 is 2.79 bits per heavy atom. The molecule has 1 aromatic carbocycles. The SMILES string of the molecule is CCCCS(=O)(=O)NCCOc1ccc(F)cc1Cl. The molecule has 19 heavy (non-hydrogen) atoms. The standard InChI is InChI=1S/C12H17ClFNO3S/c1-2-3-8-19(16,17)15-6-7-18-12-5-4-10(14)9-11(12)13/h4-5,9,15H,2-3,6-8H2,1H3. The van der Waals surface area contributed by atoms with Gasteiger partial charge in [-0.2, -0.15) is 0 Å². The summed E-state index contributed by atoms with van der Waals surface area (Å²) in [4.78, 5) is 0. The van der Waals surface area contributed by atoms with E-state index in [1.54, 1.807) is 0 Å². The molecule has 0 radical (unpaired) electrons. The minimum Gasteiger partial charge on any atom is -0.491 e. The van der Waals surface area contributed by atoms with Crippen LogP contribution in [-0.4, -0.2) is 27.3 Å². The van der Waals surface area contributed by atoms with E-state index in [4.69, 9.17) is 16.3 Å². The van der Waals surface area contributed by atoms with Crippen molar-refractivity contribution in [1.29, 1.82) is 0 Å². The van der Waals surface area contributed by atoms with Gasteiger partial charge in [0.1, 0.15) is 18.2 Å². The van der Waals surface area contributed by atoms with Crippen molar-refractivity contribution in [3.05, 3.63) is 29.0 Å². The fraction of sp³-hybridized carbons (Fsp3) is 0.500. The van der Waals surface area contributed by atoms with Gasteiger partial charge in [0.15, 0.2) is 0 Å². The minimum atomic E-state index is -3.24. The Hall–Kier alpha value is -0.850. The number of unbranched alkanes of at least 4 members (excludes halogenated alkanes) is 1. The molecule has 0 aliphatic rings. The molecular weight excluding hydrogens is 293 g/mol. The second kappa shape index (κ2) is 7.67. The highest BCUT2D eigenvalue weighted by Gasteiger charge is 2.08. The van der Waals surface area contributed by atoms with Gasteiger partial charge in [0.05, 0.1) is 10.8 Å². The molecule has 108 valence electrons. The lowest BCUT2D eigenvalue weighted by molar-refractivity contribution is 0.322. The van der Waals surface area contributed by atoms with Crippen LogP contribution in [0.4, 0.5) is 4.39 Å². The maximum Gasteiger partial charge on any atom is 0.211 e. The Morgan fingerprint density at radius 1 is 1.42 bits per heavy atom. The Kier molecular flexibility index (Phi) is 6.54. The van der Waals surface area contributed by atoms with E-state index in [1.807, 2.05) is 6.92 Å². The first-order valence-electron chi connectivity index (χ1n) is 6.00. The van der Waals surface area contributed by atoms with Crippen LogP contribution in [0.3, 0.4) is 0 Å². The molecule has 1 aromatic rings. The lowest BCUT2D eigenvalue weighted by Crippen LogP contribution is -2.30. The normalized spacial score (nSPS) is 11.5. The number of rotatable bonds is 8. The third kappa shape index (κ3) is 6.22. The van der Waals surface area contributed by atoms with Crippen molar-refractivity contribution in [2.45, 2.75) is 19.8 Å². The number of ether oxygens (including phenoxy) is 1. The van der Waals surface area contributed by atoms with E-state index in [2.05, 4.69) is 4.72 Å². The van der Waals surface area contributed by atoms with Gasteiger partial charge in [0.25, 0.3) is 0 Å². The number of sulfonamides is 1. The van der Waals surface area contributed by atoms with Gasteiger partial charge in [0.2, 0.25) is 10.0 Å². The number of hydrogen-bond donors (Lipinski definition) is 1. The number of hydrogen-bond acceptors (Lipinski definition) is 3. The predicted octanol–water partition coefficient (Wildman–Crippen LogP) is 2.58. The van der Waals surface area contributed by atoms with Crippen molar-refractivity contribution in [2.24, 2.45) is 0 Å². The van der Waals surface area contributed by atoms with Crippen LogP contribution in [0.2, 0.25) is 5.02 Å². The molecule has 0 aromatic heterocycles. The first-order chi connectivity index (χ1) is 8.94. The fourth-order valence-corrected chi connectivity index (χ4v) is 2.79. The summed E-state index contributed by atoms with van der Waals surface area (Å²) in [5.74, 6) is -0.00527. The summed E-state index contributed by atoms with van der Waals surface area (Å²) < 4.78 is 43.4. The van der Waals surface area contributed by atoms with Crippen molar-refractivity contribution in [3.63, 3.8) is 0 Å². The topological polar surface area (TPSA) is 55.4 Å². The molecule has 0 amide bonds. The molecule has 0 heterocycles. The number of halogens is 2. The summed E-state index contributed by atoms with van der Waals surface area (Å²) in [6.07, 6.45) is 1.45. The van der Waals surface area contributed by atoms with Crippen molar-refractivity contribution >= 4 is 21.6 Å². The first-order valence-corrected chi connectivity index (χ1v) is 8.03. The van der Waals surface area contributed by atoms with Gasteiger partial charge in [-0.05, 0) is 24.6 Å². The van der Waals surface area contributed by atoms with Crippen LogP contribution < -0.4 is 9.46 Å². The van der Waals surface area contributed by atoms with Crippen LogP contribution in [0, 0.1) is 5.82 Å². The van der Waals surface area contributed by atoms with Crippen LogP contribution in [0.25, 0.3) is 0 Å². The summed E-state index contributed by atoms with van der Waals surface area (Å²) in [5, 5.41) is 0.161. The molecule has 7 heteroatoms. The zero-order chi connectivity index (χ0) is 14.3. The van der Waals surface area contributed by atoms with Crippen LogP contribution in [0.5, 0.6) is 5.75 Å². The van der Waals surface area contributed by atoms with Crippen LogP contribution >= 0.6 is 11.6 Å². The molecule has 0 bridgehead atoms. The van der Waals surface area contributed by atoms with E-state index in [-0.39, 0.29) is 23.9 Å². The number of nitrogens with one attached hydrogen (secondary N) is 1. The minimum absolute atomic E-state index is 0.112. The third-order valence-electron chi connectivity index (χ3n) is 2.34. The van der Waals surface area contributed by atoms with Crippen molar-refractivity contribution < 1.29 is 17.5 Å². The van der Waals surface area contributed by atoms with Gasteiger partial charge in [0, 0.05) is 6.54 Å². The second-order valence-electron chi connectivity index (χ2n) is 3.99. The lowest BCUT2D eigenvalue weighted by Gasteiger charge is -2.09. The smallest absolute Gasteiger partial charge is 0.211 e. The van der Waals surface area contributed by atoms with E-state index < -0.39 is 15.8 Å². The van der Waals surface area contributed by atoms with Gasteiger partial charge >= 0.3 is 0 Å². The molecule has 4 nitrogen and oxygen atoms in total.